The van der Waals surface area contributed by atoms with Gasteiger partial charge in [-0.3, -0.25) is 14.9 Å². The number of methoxy groups -OCH3 is 1. The third kappa shape index (κ3) is 3.65. The molecule has 0 spiro atoms. The molecule has 1 aromatic rings. The molecule has 1 amide bonds. The van der Waals surface area contributed by atoms with Crippen LogP contribution in [0.25, 0.3) is 0 Å². The average Bonchev–Trinajstić information content (AvgIpc) is 2.43. The minimum atomic E-state index is -1.51. The molecule has 0 aliphatic rings. The highest BCUT2D eigenvalue weighted by molar-refractivity contribution is 6.00. The van der Waals surface area contributed by atoms with Gasteiger partial charge in [0.2, 0.25) is 0 Å². The molecule has 0 aromatic heterocycles. The summed E-state index contributed by atoms with van der Waals surface area (Å²) in [7, 11) is 1.29. The smallest absolute Gasteiger partial charge is 0.285 e. The monoisotopic (exact) mass is 284 g/mol. The second-order valence-electron chi connectivity index (χ2n) is 4.45. The lowest BCUT2D eigenvalue weighted by Gasteiger charge is -2.20. The first-order valence-electron chi connectivity index (χ1n) is 5.75. The standard InChI is InChI=1S/C12H16N2O6/c1-12(17,7-15)6-13-11(16)10-8(14(18)19)4-3-5-9(10)20-2/h3-5,15,17H,6-7H2,1-2H3,(H,13,16). The number of hydrogen-bond acceptors (Lipinski definition) is 6. The van der Waals surface area contributed by atoms with E-state index in [2.05, 4.69) is 5.32 Å². The minimum absolute atomic E-state index is 0.0559. The molecule has 1 unspecified atom stereocenters. The summed E-state index contributed by atoms with van der Waals surface area (Å²) in [5, 5.41) is 31.7. The number of nitrogens with zero attached hydrogens (tertiary/aromatic N) is 1. The highest BCUT2D eigenvalue weighted by atomic mass is 16.6. The van der Waals surface area contributed by atoms with Crippen LogP contribution >= 0.6 is 0 Å². The normalized spacial score (nSPS) is 13.4. The number of benzene rings is 1. The third-order valence-electron chi connectivity index (χ3n) is 2.62. The molecule has 8 nitrogen and oxygen atoms in total. The summed E-state index contributed by atoms with van der Waals surface area (Å²) in [4.78, 5) is 22.3. The summed E-state index contributed by atoms with van der Waals surface area (Å²) in [6.07, 6.45) is 0. The van der Waals surface area contributed by atoms with Gasteiger partial charge in [-0.2, -0.15) is 0 Å². The molecule has 1 rings (SSSR count). The summed E-state index contributed by atoms with van der Waals surface area (Å²) in [6.45, 7) is 0.517. The Labute approximate surface area is 115 Å². The fourth-order valence-electron chi connectivity index (χ4n) is 1.48. The van der Waals surface area contributed by atoms with Crippen LogP contribution in [-0.2, 0) is 0 Å². The van der Waals surface area contributed by atoms with Gasteiger partial charge in [-0.25, -0.2) is 0 Å². The van der Waals surface area contributed by atoms with Crippen LogP contribution in [0.5, 0.6) is 5.75 Å². The summed E-state index contributed by atoms with van der Waals surface area (Å²) in [5.41, 5.74) is -2.13. The molecule has 0 saturated heterocycles. The van der Waals surface area contributed by atoms with Crippen molar-refractivity contribution in [3.05, 3.63) is 33.9 Å². The Bertz CT molecular complexity index is 515. The molecule has 0 heterocycles. The van der Waals surface area contributed by atoms with E-state index in [1.807, 2.05) is 0 Å². The molecule has 0 aliphatic heterocycles. The molecule has 1 atom stereocenters. The van der Waals surface area contributed by atoms with Gasteiger partial charge in [0.05, 0.1) is 18.6 Å². The maximum Gasteiger partial charge on any atom is 0.285 e. The van der Waals surface area contributed by atoms with Gasteiger partial charge in [-0.1, -0.05) is 6.07 Å². The van der Waals surface area contributed by atoms with Crippen LogP contribution < -0.4 is 10.1 Å². The van der Waals surface area contributed by atoms with Crippen LogP contribution in [-0.4, -0.2) is 46.9 Å². The minimum Gasteiger partial charge on any atom is -0.496 e. The Morgan fingerprint density at radius 3 is 2.70 bits per heavy atom. The fraction of sp³-hybridized carbons (Fsp3) is 0.417. The first-order valence-corrected chi connectivity index (χ1v) is 5.75. The first kappa shape index (κ1) is 15.9. The Kier molecular flexibility index (Phi) is 5.00. The van der Waals surface area contributed by atoms with E-state index in [0.29, 0.717) is 0 Å². The summed E-state index contributed by atoms with van der Waals surface area (Å²) in [6, 6.07) is 4.01. The van der Waals surface area contributed by atoms with Crippen LogP contribution in [0.3, 0.4) is 0 Å². The van der Waals surface area contributed by atoms with E-state index >= 15 is 0 Å². The molecule has 20 heavy (non-hydrogen) atoms. The SMILES string of the molecule is COc1cccc([N+](=O)[O-])c1C(=O)NCC(C)(O)CO. The topological polar surface area (TPSA) is 122 Å². The van der Waals surface area contributed by atoms with Crippen molar-refractivity contribution in [2.24, 2.45) is 0 Å². The number of carbonyl (C=O) groups is 1. The van der Waals surface area contributed by atoms with Crippen LogP contribution in [0.2, 0.25) is 0 Å². The van der Waals surface area contributed by atoms with Gasteiger partial charge in [0.15, 0.2) is 5.56 Å². The number of ether oxygens (including phenoxy) is 1. The summed E-state index contributed by atoms with van der Waals surface area (Å²) >= 11 is 0. The summed E-state index contributed by atoms with van der Waals surface area (Å²) in [5.74, 6) is -0.705. The molecule has 0 radical (unpaired) electrons. The number of nitrogens with one attached hydrogen (secondary N) is 1. The van der Waals surface area contributed by atoms with E-state index in [1.54, 1.807) is 0 Å². The second kappa shape index (κ2) is 6.31. The number of rotatable bonds is 6. The highest BCUT2D eigenvalue weighted by Gasteiger charge is 2.27. The molecule has 3 N–H and O–H groups in total. The Hall–Kier alpha value is -2.19. The van der Waals surface area contributed by atoms with E-state index < -0.39 is 28.7 Å². The molecule has 0 fully saturated rings. The van der Waals surface area contributed by atoms with Gasteiger partial charge >= 0.3 is 0 Å². The third-order valence-corrected chi connectivity index (χ3v) is 2.62. The predicted molar refractivity (Wildman–Crippen MR) is 69.7 cm³/mol. The molecular weight excluding hydrogens is 268 g/mol. The van der Waals surface area contributed by atoms with Crippen molar-refractivity contribution in [3.63, 3.8) is 0 Å². The van der Waals surface area contributed by atoms with Gasteiger partial charge in [0, 0.05) is 12.6 Å². The number of nitro groups is 1. The van der Waals surface area contributed by atoms with Crippen LogP contribution in [0, 0.1) is 10.1 Å². The van der Waals surface area contributed by atoms with Gasteiger partial charge < -0.3 is 20.3 Å². The Balaban J connectivity index is 3.05. The first-order chi connectivity index (χ1) is 9.32. The fourth-order valence-corrected chi connectivity index (χ4v) is 1.48. The molecule has 110 valence electrons. The Morgan fingerprint density at radius 1 is 1.55 bits per heavy atom. The number of nitro benzene ring substituents is 1. The second-order valence-corrected chi connectivity index (χ2v) is 4.45. The van der Waals surface area contributed by atoms with E-state index in [4.69, 9.17) is 9.84 Å². The number of aliphatic hydroxyl groups is 2. The van der Waals surface area contributed by atoms with E-state index in [9.17, 15) is 20.0 Å². The maximum atomic E-state index is 12.0. The van der Waals surface area contributed by atoms with Crippen molar-refractivity contribution < 1.29 is 24.7 Å². The van der Waals surface area contributed by atoms with E-state index in [0.717, 1.165) is 0 Å². The lowest BCUT2D eigenvalue weighted by Crippen LogP contribution is -2.43. The van der Waals surface area contributed by atoms with Crippen molar-refractivity contribution in [1.29, 1.82) is 0 Å². The van der Waals surface area contributed by atoms with Gasteiger partial charge in [-0.05, 0) is 13.0 Å². The van der Waals surface area contributed by atoms with E-state index in [1.165, 1.54) is 32.2 Å². The van der Waals surface area contributed by atoms with E-state index in [-0.39, 0.29) is 17.9 Å². The van der Waals surface area contributed by atoms with Crippen LogP contribution in [0.15, 0.2) is 18.2 Å². The van der Waals surface area contributed by atoms with Gasteiger partial charge in [0.25, 0.3) is 11.6 Å². The molecule has 1 aromatic carbocycles. The molecule has 0 aliphatic carbocycles. The van der Waals surface area contributed by atoms with Crippen molar-refractivity contribution in [3.8, 4) is 5.75 Å². The Morgan fingerprint density at radius 2 is 2.20 bits per heavy atom. The number of amides is 1. The highest BCUT2D eigenvalue weighted by Crippen LogP contribution is 2.27. The van der Waals surface area contributed by atoms with Gasteiger partial charge in [0.1, 0.15) is 11.4 Å². The van der Waals surface area contributed by atoms with Crippen LogP contribution in [0.4, 0.5) is 5.69 Å². The van der Waals surface area contributed by atoms with Crippen molar-refractivity contribution >= 4 is 11.6 Å². The summed E-state index contributed by atoms with van der Waals surface area (Å²) < 4.78 is 4.94. The van der Waals surface area contributed by atoms with Crippen molar-refractivity contribution in [2.75, 3.05) is 20.3 Å². The van der Waals surface area contributed by atoms with Crippen LogP contribution in [0.1, 0.15) is 17.3 Å². The zero-order valence-corrected chi connectivity index (χ0v) is 11.1. The predicted octanol–water partition coefficient (Wildman–Crippen LogP) is 0.0765. The molecule has 0 bridgehead atoms. The van der Waals surface area contributed by atoms with Gasteiger partial charge in [-0.15, -0.1) is 0 Å². The number of carbonyl (C=O) groups excluding carboxylic acids is 1. The lowest BCUT2D eigenvalue weighted by molar-refractivity contribution is -0.385. The lowest BCUT2D eigenvalue weighted by atomic mass is 10.1. The molecule has 0 saturated carbocycles. The largest absolute Gasteiger partial charge is 0.496 e. The average molecular weight is 284 g/mol. The quantitative estimate of drug-likeness (QED) is 0.502. The molecule has 8 heteroatoms. The maximum absolute atomic E-state index is 12.0. The number of hydrogen-bond donors (Lipinski definition) is 3. The zero-order valence-electron chi connectivity index (χ0n) is 11.1. The molecular formula is C12H16N2O6. The number of aliphatic hydroxyl groups excluding tert-OH is 1. The zero-order chi connectivity index (χ0) is 15.3. The van der Waals surface area contributed by atoms with Crippen molar-refractivity contribution in [1.82, 2.24) is 5.32 Å². The van der Waals surface area contributed by atoms with Crippen molar-refractivity contribution in [2.45, 2.75) is 12.5 Å².